The van der Waals surface area contributed by atoms with Gasteiger partial charge in [-0.15, -0.1) is 10.2 Å². The summed E-state index contributed by atoms with van der Waals surface area (Å²) in [6.07, 6.45) is 1.63. The molecule has 6 nitrogen and oxygen atoms in total. The molecule has 1 amide bonds. The number of rotatable bonds is 7. The first-order valence-electron chi connectivity index (χ1n) is 9.88. The first-order valence-corrected chi connectivity index (χ1v) is 11.2. The number of halogens is 1. The van der Waals surface area contributed by atoms with E-state index in [-0.39, 0.29) is 11.7 Å². The van der Waals surface area contributed by atoms with Crippen LogP contribution in [0.4, 0.5) is 0 Å². The van der Waals surface area contributed by atoms with Gasteiger partial charge in [0, 0.05) is 16.3 Å². The molecule has 0 radical (unpaired) electrons. The molecule has 0 aliphatic rings. The van der Waals surface area contributed by atoms with Gasteiger partial charge in [0.05, 0.1) is 12.0 Å². The molecule has 8 heteroatoms. The van der Waals surface area contributed by atoms with Gasteiger partial charge in [-0.25, -0.2) is 5.43 Å². The summed E-state index contributed by atoms with van der Waals surface area (Å²) in [6, 6.07) is 25.1. The third-order valence-corrected chi connectivity index (χ3v) is 5.71. The number of benzene rings is 3. The van der Waals surface area contributed by atoms with Crippen molar-refractivity contribution < 1.29 is 4.79 Å². The molecule has 3 aromatic carbocycles. The SMILES string of the molecule is Cc1cccc(/C=N/NC(=O)CSc2nnc(-c3ccc(Cl)cc3)n2-c2ccccc2)c1. The molecule has 0 aliphatic carbocycles. The summed E-state index contributed by atoms with van der Waals surface area (Å²) in [5, 5.41) is 14.0. The standard InChI is InChI=1S/C24H20ClN5OS/c1-17-6-5-7-18(14-17)15-26-27-22(31)16-32-24-29-28-23(19-10-12-20(25)13-11-19)30(24)21-8-3-2-4-9-21/h2-15H,16H2,1H3,(H,27,31)/b26-15+. The monoisotopic (exact) mass is 461 g/mol. The van der Waals surface area contributed by atoms with Crippen molar-refractivity contribution >= 4 is 35.5 Å². The predicted molar refractivity (Wildman–Crippen MR) is 129 cm³/mol. The largest absolute Gasteiger partial charge is 0.272 e. The Hall–Kier alpha value is -3.42. The summed E-state index contributed by atoms with van der Waals surface area (Å²) in [4.78, 5) is 12.3. The highest BCUT2D eigenvalue weighted by Crippen LogP contribution is 2.28. The van der Waals surface area contributed by atoms with E-state index < -0.39 is 0 Å². The summed E-state index contributed by atoms with van der Waals surface area (Å²) in [5.41, 5.74) is 6.40. The van der Waals surface area contributed by atoms with Crippen LogP contribution in [0.2, 0.25) is 5.02 Å². The molecule has 0 fully saturated rings. The van der Waals surface area contributed by atoms with Crippen LogP contribution in [0.15, 0.2) is 89.1 Å². The van der Waals surface area contributed by atoms with Crippen LogP contribution in [0.5, 0.6) is 0 Å². The number of para-hydroxylation sites is 1. The zero-order valence-electron chi connectivity index (χ0n) is 17.3. The Labute approximate surface area is 195 Å². The van der Waals surface area contributed by atoms with Crippen LogP contribution in [0, 0.1) is 6.92 Å². The van der Waals surface area contributed by atoms with Crippen LogP contribution in [0.25, 0.3) is 17.1 Å². The maximum atomic E-state index is 12.3. The van der Waals surface area contributed by atoms with Crippen molar-refractivity contribution in [3.63, 3.8) is 0 Å². The number of thioether (sulfide) groups is 1. The molecule has 4 aromatic rings. The molecule has 0 aliphatic heterocycles. The van der Waals surface area contributed by atoms with Gasteiger partial charge in [-0.05, 0) is 48.9 Å². The van der Waals surface area contributed by atoms with Crippen LogP contribution in [-0.4, -0.2) is 32.6 Å². The van der Waals surface area contributed by atoms with E-state index in [1.165, 1.54) is 11.8 Å². The molecule has 0 atom stereocenters. The number of amides is 1. The summed E-state index contributed by atoms with van der Waals surface area (Å²) in [6.45, 7) is 2.01. The lowest BCUT2D eigenvalue weighted by atomic mass is 10.2. The first kappa shape index (κ1) is 21.8. The number of aryl methyl sites for hydroxylation is 1. The highest BCUT2D eigenvalue weighted by molar-refractivity contribution is 7.99. The molecule has 160 valence electrons. The number of aromatic nitrogens is 3. The van der Waals surface area contributed by atoms with Crippen molar-refractivity contribution in [1.29, 1.82) is 0 Å². The van der Waals surface area contributed by atoms with Crippen molar-refractivity contribution in [2.24, 2.45) is 5.10 Å². The third kappa shape index (κ3) is 5.43. The molecular formula is C24H20ClN5OS. The number of carbonyl (C=O) groups excluding carboxylic acids is 1. The fourth-order valence-corrected chi connectivity index (χ4v) is 3.92. The Balaban J connectivity index is 1.49. The molecule has 0 spiro atoms. The van der Waals surface area contributed by atoms with Gasteiger partial charge in [0.1, 0.15) is 0 Å². The maximum absolute atomic E-state index is 12.3. The number of nitrogens with one attached hydrogen (secondary N) is 1. The third-order valence-electron chi connectivity index (χ3n) is 4.53. The van der Waals surface area contributed by atoms with Gasteiger partial charge in [0.2, 0.25) is 0 Å². The smallest absolute Gasteiger partial charge is 0.250 e. The molecule has 0 saturated heterocycles. The molecule has 0 saturated carbocycles. The van der Waals surface area contributed by atoms with E-state index in [1.54, 1.807) is 6.21 Å². The fourth-order valence-electron chi connectivity index (χ4n) is 3.05. The topological polar surface area (TPSA) is 72.2 Å². The van der Waals surface area contributed by atoms with E-state index in [2.05, 4.69) is 20.7 Å². The van der Waals surface area contributed by atoms with Gasteiger partial charge in [0.25, 0.3) is 5.91 Å². The highest BCUT2D eigenvalue weighted by Gasteiger charge is 2.17. The zero-order chi connectivity index (χ0) is 22.3. The highest BCUT2D eigenvalue weighted by atomic mass is 35.5. The summed E-state index contributed by atoms with van der Waals surface area (Å²) < 4.78 is 1.93. The zero-order valence-corrected chi connectivity index (χ0v) is 18.8. The summed E-state index contributed by atoms with van der Waals surface area (Å²) >= 11 is 7.33. The van der Waals surface area contributed by atoms with Crippen molar-refractivity contribution in [3.05, 3.63) is 95.0 Å². The Morgan fingerprint density at radius 3 is 2.59 bits per heavy atom. The Morgan fingerprint density at radius 1 is 1.06 bits per heavy atom. The number of carbonyl (C=O) groups is 1. The van der Waals surface area contributed by atoms with Crippen LogP contribution in [0.3, 0.4) is 0 Å². The van der Waals surface area contributed by atoms with Gasteiger partial charge in [-0.1, -0.05) is 71.4 Å². The van der Waals surface area contributed by atoms with Crippen LogP contribution >= 0.6 is 23.4 Å². The van der Waals surface area contributed by atoms with Crippen molar-refractivity contribution in [3.8, 4) is 17.1 Å². The Kier molecular flexibility index (Phi) is 6.99. The molecule has 0 bridgehead atoms. The minimum Gasteiger partial charge on any atom is -0.272 e. The molecule has 1 N–H and O–H groups in total. The quantitative estimate of drug-likeness (QED) is 0.235. The minimum atomic E-state index is -0.227. The average Bonchev–Trinajstić information content (AvgIpc) is 3.23. The van der Waals surface area contributed by atoms with Crippen LogP contribution in [0.1, 0.15) is 11.1 Å². The summed E-state index contributed by atoms with van der Waals surface area (Å²) in [5.74, 6) is 0.597. The van der Waals surface area contributed by atoms with E-state index in [0.717, 1.165) is 22.4 Å². The Morgan fingerprint density at radius 2 is 1.84 bits per heavy atom. The van der Waals surface area contributed by atoms with Gasteiger partial charge in [0.15, 0.2) is 11.0 Å². The van der Waals surface area contributed by atoms with Gasteiger partial charge in [-0.3, -0.25) is 9.36 Å². The van der Waals surface area contributed by atoms with Crippen LogP contribution in [-0.2, 0) is 4.79 Å². The van der Waals surface area contributed by atoms with Crippen molar-refractivity contribution in [2.45, 2.75) is 12.1 Å². The normalized spacial score (nSPS) is 11.1. The van der Waals surface area contributed by atoms with E-state index in [4.69, 9.17) is 11.6 Å². The lowest BCUT2D eigenvalue weighted by Gasteiger charge is -2.10. The van der Waals surface area contributed by atoms with E-state index in [1.807, 2.05) is 90.4 Å². The Bertz CT molecular complexity index is 1240. The van der Waals surface area contributed by atoms with E-state index in [0.29, 0.717) is 16.0 Å². The molecule has 1 aromatic heterocycles. The number of nitrogens with zero attached hydrogens (tertiary/aromatic N) is 4. The molecule has 4 rings (SSSR count). The molecular weight excluding hydrogens is 442 g/mol. The molecule has 32 heavy (non-hydrogen) atoms. The molecule has 1 heterocycles. The van der Waals surface area contributed by atoms with Crippen LogP contribution < -0.4 is 5.43 Å². The lowest BCUT2D eigenvalue weighted by Crippen LogP contribution is -2.20. The second-order valence-corrected chi connectivity index (χ2v) is 8.36. The fraction of sp³-hybridized carbons (Fsp3) is 0.0833. The van der Waals surface area contributed by atoms with E-state index in [9.17, 15) is 4.79 Å². The number of hydrazone groups is 1. The second-order valence-electron chi connectivity index (χ2n) is 6.98. The second kappa shape index (κ2) is 10.3. The maximum Gasteiger partial charge on any atom is 0.250 e. The van der Waals surface area contributed by atoms with Gasteiger partial charge >= 0.3 is 0 Å². The number of hydrogen-bond donors (Lipinski definition) is 1. The van der Waals surface area contributed by atoms with Gasteiger partial charge in [-0.2, -0.15) is 5.10 Å². The van der Waals surface area contributed by atoms with Crippen molar-refractivity contribution in [2.75, 3.05) is 5.75 Å². The van der Waals surface area contributed by atoms with Gasteiger partial charge < -0.3 is 0 Å². The predicted octanol–water partition coefficient (Wildman–Crippen LogP) is 5.14. The average molecular weight is 462 g/mol. The summed E-state index contributed by atoms with van der Waals surface area (Å²) in [7, 11) is 0. The molecule has 0 unspecified atom stereocenters. The first-order chi connectivity index (χ1) is 15.6. The lowest BCUT2D eigenvalue weighted by molar-refractivity contribution is -0.118. The minimum absolute atomic E-state index is 0.150. The number of hydrogen-bond acceptors (Lipinski definition) is 5. The van der Waals surface area contributed by atoms with Crippen molar-refractivity contribution in [1.82, 2.24) is 20.2 Å². The van der Waals surface area contributed by atoms with E-state index >= 15 is 0 Å².